The lowest BCUT2D eigenvalue weighted by Gasteiger charge is -2.23. The summed E-state index contributed by atoms with van der Waals surface area (Å²) in [7, 11) is 0. The molecular formula is C26H22ClN3O2. The van der Waals surface area contributed by atoms with E-state index in [1.807, 2.05) is 55.5 Å². The number of amides is 1. The van der Waals surface area contributed by atoms with Gasteiger partial charge < -0.3 is 10.1 Å². The second kappa shape index (κ2) is 8.17. The van der Waals surface area contributed by atoms with Crippen LogP contribution in [-0.2, 0) is 9.53 Å². The van der Waals surface area contributed by atoms with Crippen LogP contribution >= 0.6 is 11.6 Å². The summed E-state index contributed by atoms with van der Waals surface area (Å²) in [5.41, 5.74) is 1.83. The lowest BCUT2D eigenvalue weighted by Crippen LogP contribution is -2.27. The number of benzene rings is 4. The molecule has 1 heterocycles. The number of fused-ring (bicyclic) bond motifs is 2. The molecule has 5 nitrogen and oxygen atoms in total. The van der Waals surface area contributed by atoms with Crippen molar-refractivity contribution in [1.82, 2.24) is 5.01 Å². The molecule has 0 radical (unpaired) electrons. The molecule has 6 heteroatoms. The Balaban J connectivity index is 1.56. The monoisotopic (exact) mass is 443 g/mol. The van der Waals surface area contributed by atoms with Crippen LogP contribution in [0.3, 0.4) is 0 Å². The summed E-state index contributed by atoms with van der Waals surface area (Å²) in [6.45, 7) is 3.46. The largest absolute Gasteiger partial charge is 0.448 e. The van der Waals surface area contributed by atoms with Crippen LogP contribution in [0.25, 0.3) is 21.5 Å². The van der Waals surface area contributed by atoms with Crippen molar-refractivity contribution in [3.05, 3.63) is 89.4 Å². The first kappa shape index (κ1) is 20.3. The molecule has 2 unspecified atom stereocenters. The smallest absolute Gasteiger partial charge is 0.243 e. The van der Waals surface area contributed by atoms with E-state index >= 15 is 0 Å². The van der Waals surface area contributed by atoms with Crippen LogP contribution < -0.4 is 5.32 Å². The number of hydrazone groups is 1. The second-order valence-corrected chi connectivity index (χ2v) is 8.31. The number of nitrogens with one attached hydrogen (secondary N) is 1. The fourth-order valence-corrected chi connectivity index (χ4v) is 4.25. The van der Waals surface area contributed by atoms with E-state index in [2.05, 4.69) is 40.8 Å². The minimum absolute atomic E-state index is 0.180. The number of rotatable bonds is 4. The Morgan fingerprint density at radius 3 is 2.19 bits per heavy atom. The van der Waals surface area contributed by atoms with Crippen molar-refractivity contribution in [2.24, 2.45) is 5.10 Å². The molecule has 4 aromatic carbocycles. The Morgan fingerprint density at radius 1 is 1.00 bits per heavy atom. The topological polar surface area (TPSA) is 53.9 Å². The van der Waals surface area contributed by atoms with Gasteiger partial charge in [0, 0.05) is 23.2 Å². The number of ether oxygens (including phenoxy) is 1. The molecule has 4 aromatic rings. The first-order valence-corrected chi connectivity index (χ1v) is 10.9. The molecule has 1 amide bonds. The van der Waals surface area contributed by atoms with Gasteiger partial charge in [-0.15, -0.1) is 5.10 Å². The quantitative estimate of drug-likeness (QED) is 0.374. The van der Waals surface area contributed by atoms with Gasteiger partial charge in [-0.1, -0.05) is 60.1 Å². The molecule has 0 aliphatic carbocycles. The third kappa shape index (κ3) is 3.65. The van der Waals surface area contributed by atoms with Gasteiger partial charge in [0.25, 0.3) is 0 Å². The highest BCUT2D eigenvalue weighted by Crippen LogP contribution is 2.39. The molecule has 5 rings (SSSR count). The zero-order valence-electron chi connectivity index (χ0n) is 17.7. The van der Waals surface area contributed by atoms with Gasteiger partial charge in [-0.25, -0.2) is 0 Å². The lowest BCUT2D eigenvalue weighted by molar-refractivity contribution is -0.135. The number of carbonyl (C=O) groups excluding carboxylic acids is 1. The van der Waals surface area contributed by atoms with E-state index in [0.717, 1.165) is 32.8 Å². The standard InChI is InChI=1S/C26H22ClN3O2/c1-16(28-21-13-11-20(27)12-14-21)25-29-30(17(2)31)26(32-25)24-22-9-5-3-7-18(22)15-19-8-4-6-10-23(19)24/h3-16,26,28H,1-2H3. The molecule has 1 N–H and O–H groups in total. The molecular weight excluding hydrogens is 422 g/mol. The summed E-state index contributed by atoms with van der Waals surface area (Å²) in [6.07, 6.45) is -0.645. The van der Waals surface area contributed by atoms with Gasteiger partial charge in [0.2, 0.25) is 18.0 Å². The van der Waals surface area contributed by atoms with Gasteiger partial charge in [-0.3, -0.25) is 4.79 Å². The molecule has 0 saturated carbocycles. The Kier molecular flexibility index (Phi) is 5.19. The van der Waals surface area contributed by atoms with E-state index in [-0.39, 0.29) is 11.9 Å². The molecule has 32 heavy (non-hydrogen) atoms. The van der Waals surface area contributed by atoms with E-state index in [9.17, 15) is 4.79 Å². The van der Waals surface area contributed by atoms with Crippen molar-refractivity contribution in [1.29, 1.82) is 0 Å². The number of hydrogen-bond donors (Lipinski definition) is 1. The van der Waals surface area contributed by atoms with Crippen LogP contribution in [-0.4, -0.2) is 22.9 Å². The van der Waals surface area contributed by atoms with Gasteiger partial charge in [-0.2, -0.15) is 5.01 Å². The minimum atomic E-state index is -0.645. The zero-order chi connectivity index (χ0) is 22.2. The van der Waals surface area contributed by atoms with Gasteiger partial charge in [-0.05, 0) is 58.8 Å². The first-order chi connectivity index (χ1) is 15.5. The van der Waals surface area contributed by atoms with Crippen LogP contribution in [0.2, 0.25) is 5.02 Å². The molecule has 2 atom stereocenters. The predicted octanol–water partition coefficient (Wildman–Crippen LogP) is 6.34. The first-order valence-electron chi connectivity index (χ1n) is 10.5. The van der Waals surface area contributed by atoms with Crippen molar-refractivity contribution >= 4 is 50.6 Å². The number of nitrogens with zero attached hydrogens (tertiary/aromatic N) is 2. The SMILES string of the molecule is CC(=O)N1N=C(C(C)Nc2ccc(Cl)cc2)OC1c1c2ccccc2cc2ccccc12. The fraction of sp³-hybridized carbons (Fsp3) is 0.154. The summed E-state index contributed by atoms with van der Waals surface area (Å²) < 4.78 is 6.36. The highest BCUT2D eigenvalue weighted by atomic mass is 35.5. The van der Waals surface area contributed by atoms with Crippen LogP contribution in [0.1, 0.15) is 25.6 Å². The maximum absolute atomic E-state index is 12.6. The summed E-state index contributed by atoms with van der Waals surface area (Å²) in [5.74, 6) is 0.276. The van der Waals surface area contributed by atoms with Crippen molar-refractivity contribution < 1.29 is 9.53 Å². The molecule has 0 saturated heterocycles. The van der Waals surface area contributed by atoms with Crippen LogP contribution in [0.4, 0.5) is 5.69 Å². The van der Waals surface area contributed by atoms with E-state index < -0.39 is 6.23 Å². The van der Waals surface area contributed by atoms with E-state index in [4.69, 9.17) is 16.3 Å². The third-order valence-corrected chi connectivity index (χ3v) is 5.89. The normalized spacial score (nSPS) is 16.7. The summed E-state index contributed by atoms with van der Waals surface area (Å²) >= 11 is 5.99. The van der Waals surface area contributed by atoms with Crippen LogP contribution in [0.5, 0.6) is 0 Å². The number of halogens is 1. The predicted molar refractivity (Wildman–Crippen MR) is 130 cm³/mol. The maximum Gasteiger partial charge on any atom is 0.243 e. The minimum Gasteiger partial charge on any atom is -0.448 e. The lowest BCUT2D eigenvalue weighted by atomic mass is 9.95. The number of hydrogen-bond acceptors (Lipinski definition) is 4. The Hall–Kier alpha value is -3.57. The molecule has 160 valence electrons. The maximum atomic E-state index is 12.6. The Bertz CT molecular complexity index is 1300. The molecule has 1 aliphatic heterocycles. The highest BCUT2D eigenvalue weighted by Gasteiger charge is 2.36. The van der Waals surface area contributed by atoms with Gasteiger partial charge >= 0.3 is 0 Å². The Labute approximate surface area is 191 Å². The summed E-state index contributed by atoms with van der Waals surface area (Å²) in [6, 6.07) is 25.6. The Morgan fingerprint density at radius 2 is 1.59 bits per heavy atom. The van der Waals surface area contributed by atoms with E-state index in [1.54, 1.807) is 0 Å². The van der Waals surface area contributed by atoms with Gasteiger partial charge in [0.05, 0.1) is 0 Å². The van der Waals surface area contributed by atoms with Gasteiger partial charge in [0.1, 0.15) is 6.04 Å². The van der Waals surface area contributed by atoms with Crippen molar-refractivity contribution in [3.63, 3.8) is 0 Å². The molecule has 0 bridgehead atoms. The zero-order valence-corrected chi connectivity index (χ0v) is 18.5. The second-order valence-electron chi connectivity index (χ2n) is 7.88. The number of carbonyl (C=O) groups is 1. The van der Waals surface area contributed by atoms with Crippen molar-refractivity contribution in [3.8, 4) is 0 Å². The van der Waals surface area contributed by atoms with Crippen LogP contribution in [0, 0.1) is 0 Å². The number of anilines is 1. The highest BCUT2D eigenvalue weighted by molar-refractivity contribution is 6.30. The van der Waals surface area contributed by atoms with E-state index in [1.165, 1.54) is 11.9 Å². The van der Waals surface area contributed by atoms with Crippen molar-refractivity contribution in [2.75, 3.05) is 5.32 Å². The fourth-order valence-electron chi connectivity index (χ4n) is 4.12. The molecule has 1 aliphatic rings. The van der Waals surface area contributed by atoms with Gasteiger partial charge in [0.15, 0.2) is 0 Å². The molecule has 0 aromatic heterocycles. The van der Waals surface area contributed by atoms with E-state index in [0.29, 0.717) is 10.9 Å². The van der Waals surface area contributed by atoms with Crippen molar-refractivity contribution in [2.45, 2.75) is 26.1 Å². The molecule has 0 fully saturated rings. The average Bonchev–Trinajstić information content (AvgIpc) is 3.24. The average molecular weight is 444 g/mol. The summed E-state index contributed by atoms with van der Waals surface area (Å²) in [4.78, 5) is 12.6. The summed E-state index contributed by atoms with van der Waals surface area (Å²) in [5, 5.41) is 14.3. The third-order valence-electron chi connectivity index (χ3n) is 5.64. The molecule has 0 spiro atoms. The van der Waals surface area contributed by atoms with Crippen LogP contribution in [0.15, 0.2) is 84.0 Å².